The molecule has 0 heterocycles. The first-order valence-corrected chi connectivity index (χ1v) is 5.90. The maximum Gasteiger partial charge on any atom is 0.511 e. The van der Waals surface area contributed by atoms with E-state index in [9.17, 15) is 26.4 Å². The van der Waals surface area contributed by atoms with Crippen molar-refractivity contribution in [2.75, 3.05) is 6.54 Å². The van der Waals surface area contributed by atoms with Crippen LogP contribution in [0.2, 0.25) is 0 Å². The highest BCUT2D eigenvalue weighted by atomic mass is 32.2. The molecule has 0 bridgehead atoms. The summed E-state index contributed by atoms with van der Waals surface area (Å²) in [5, 5.41) is 8.33. The number of carboxylic acids is 1. The van der Waals surface area contributed by atoms with E-state index in [1.54, 1.807) is 0 Å². The molecule has 0 aromatic rings. The lowest BCUT2D eigenvalue weighted by molar-refractivity contribution is -0.137. The minimum Gasteiger partial charge on any atom is -0.481 e. The van der Waals surface area contributed by atoms with Gasteiger partial charge in [-0.3, -0.25) is 4.79 Å². The number of rotatable bonds is 5. The molecular weight excluding hydrogens is 251 g/mol. The minimum absolute atomic E-state index is 0.237. The summed E-state index contributed by atoms with van der Waals surface area (Å²) in [6.45, 7) is -0.637. The first-order valence-electron chi connectivity index (χ1n) is 4.46. The van der Waals surface area contributed by atoms with Crippen molar-refractivity contribution in [1.82, 2.24) is 4.31 Å². The molecule has 0 aromatic carbocycles. The third-order valence-electron chi connectivity index (χ3n) is 2.10. The number of aliphatic carboxylic acids is 1. The molecule has 1 rings (SSSR count). The highest BCUT2D eigenvalue weighted by Crippen LogP contribution is 2.35. The molecule has 0 amide bonds. The summed E-state index contributed by atoms with van der Waals surface area (Å²) in [6.07, 6.45) is 0.0513. The number of hydrogen-bond donors (Lipinski definition) is 1. The van der Waals surface area contributed by atoms with Gasteiger partial charge in [-0.2, -0.15) is 17.5 Å². The number of halogens is 3. The van der Waals surface area contributed by atoms with Crippen LogP contribution >= 0.6 is 0 Å². The second-order valence-corrected chi connectivity index (χ2v) is 5.32. The summed E-state index contributed by atoms with van der Waals surface area (Å²) in [5.41, 5.74) is -5.37. The molecule has 1 aliphatic carbocycles. The van der Waals surface area contributed by atoms with E-state index in [1.165, 1.54) is 0 Å². The number of carbonyl (C=O) groups is 1. The Morgan fingerprint density at radius 2 is 1.88 bits per heavy atom. The summed E-state index contributed by atoms with van der Waals surface area (Å²) >= 11 is 0. The largest absolute Gasteiger partial charge is 0.511 e. The Hall–Kier alpha value is -0.830. The lowest BCUT2D eigenvalue weighted by Gasteiger charge is -2.22. The highest BCUT2D eigenvalue weighted by Gasteiger charge is 2.53. The third-order valence-corrected chi connectivity index (χ3v) is 3.78. The van der Waals surface area contributed by atoms with Gasteiger partial charge in [0.2, 0.25) is 0 Å². The van der Waals surface area contributed by atoms with Crippen molar-refractivity contribution in [3.8, 4) is 0 Å². The zero-order chi connectivity index (χ0) is 12.6. The van der Waals surface area contributed by atoms with Gasteiger partial charge in [0.25, 0.3) is 0 Å². The Balaban J connectivity index is 2.82. The van der Waals surface area contributed by atoms with Gasteiger partial charge in [0.15, 0.2) is 0 Å². The normalized spacial score (nSPS) is 17.8. The topological polar surface area (TPSA) is 74.7 Å². The summed E-state index contributed by atoms with van der Waals surface area (Å²) < 4.78 is 59.0. The predicted molar refractivity (Wildman–Crippen MR) is 47.0 cm³/mol. The van der Waals surface area contributed by atoms with Gasteiger partial charge in [-0.05, 0) is 12.8 Å². The lowest BCUT2D eigenvalue weighted by Crippen LogP contribution is -2.43. The maximum absolute atomic E-state index is 12.2. The molecule has 1 fully saturated rings. The summed E-state index contributed by atoms with van der Waals surface area (Å²) in [5.74, 6) is -1.33. The first-order chi connectivity index (χ1) is 7.16. The molecule has 0 atom stereocenters. The second kappa shape index (κ2) is 4.21. The van der Waals surface area contributed by atoms with Gasteiger partial charge < -0.3 is 5.11 Å². The lowest BCUT2D eigenvalue weighted by atomic mass is 10.4. The van der Waals surface area contributed by atoms with Crippen LogP contribution in [0.5, 0.6) is 0 Å². The quantitative estimate of drug-likeness (QED) is 0.793. The van der Waals surface area contributed by atoms with Gasteiger partial charge in [0.1, 0.15) is 0 Å². The van der Waals surface area contributed by atoms with E-state index in [1.807, 2.05) is 0 Å². The Kier molecular flexibility index (Phi) is 3.48. The predicted octanol–water partition coefficient (Wildman–Crippen LogP) is 0.775. The fraction of sp³-hybridized carbons (Fsp3) is 0.857. The average Bonchev–Trinajstić information content (AvgIpc) is 2.85. The molecule has 94 valence electrons. The minimum atomic E-state index is -5.40. The standard InChI is InChI=1S/C7H10F3NO4S/c8-7(9,10)16(14,15)11(5-1-2-5)4-3-6(12)13/h5H,1-4H2,(H,12,13). The van der Waals surface area contributed by atoms with Gasteiger partial charge >= 0.3 is 21.5 Å². The number of sulfonamides is 1. The Morgan fingerprint density at radius 3 is 2.19 bits per heavy atom. The SMILES string of the molecule is O=C(O)CCN(C1CC1)S(=O)(=O)C(F)(F)F. The van der Waals surface area contributed by atoms with Gasteiger partial charge in [-0.1, -0.05) is 0 Å². The van der Waals surface area contributed by atoms with Gasteiger partial charge in [-0.15, -0.1) is 0 Å². The maximum atomic E-state index is 12.2. The molecule has 0 unspecified atom stereocenters. The average molecular weight is 261 g/mol. The van der Waals surface area contributed by atoms with Crippen LogP contribution in [0.3, 0.4) is 0 Å². The molecule has 16 heavy (non-hydrogen) atoms. The van der Waals surface area contributed by atoms with Crippen molar-refractivity contribution in [2.24, 2.45) is 0 Å². The zero-order valence-electron chi connectivity index (χ0n) is 8.07. The third kappa shape index (κ3) is 2.85. The van der Waals surface area contributed by atoms with Crippen molar-refractivity contribution < 1.29 is 31.5 Å². The monoisotopic (exact) mass is 261 g/mol. The van der Waals surface area contributed by atoms with E-state index in [-0.39, 0.29) is 4.31 Å². The molecule has 0 spiro atoms. The van der Waals surface area contributed by atoms with Crippen LogP contribution in [0.15, 0.2) is 0 Å². The molecule has 1 saturated carbocycles. The Morgan fingerprint density at radius 1 is 1.38 bits per heavy atom. The van der Waals surface area contributed by atoms with Crippen molar-refractivity contribution in [2.45, 2.75) is 30.8 Å². The van der Waals surface area contributed by atoms with Gasteiger partial charge in [-0.25, -0.2) is 8.42 Å². The van der Waals surface area contributed by atoms with Crippen LogP contribution in [0.1, 0.15) is 19.3 Å². The Labute approximate surface area is 89.9 Å². The van der Waals surface area contributed by atoms with Crippen LogP contribution < -0.4 is 0 Å². The van der Waals surface area contributed by atoms with E-state index in [2.05, 4.69) is 0 Å². The molecule has 0 radical (unpaired) electrons. The molecule has 5 nitrogen and oxygen atoms in total. The molecule has 0 aromatic heterocycles. The van der Waals surface area contributed by atoms with E-state index in [0.29, 0.717) is 12.8 Å². The molecule has 1 N–H and O–H groups in total. The number of nitrogens with zero attached hydrogens (tertiary/aromatic N) is 1. The summed E-state index contributed by atoms with van der Waals surface area (Å²) in [7, 11) is -5.40. The molecule has 1 aliphatic rings. The zero-order valence-corrected chi connectivity index (χ0v) is 8.88. The second-order valence-electron chi connectivity index (χ2n) is 3.44. The smallest absolute Gasteiger partial charge is 0.481 e. The summed E-state index contributed by atoms with van der Waals surface area (Å²) in [4.78, 5) is 10.2. The molecule has 0 aliphatic heterocycles. The number of carboxylic acid groups (broad SMARTS) is 1. The van der Waals surface area contributed by atoms with Crippen LogP contribution in [0, 0.1) is 0 Å². The molecule has 0 saturated heterocycles. The first kappa shape index (κ1) is 13.2. The van der Waals surface area contributed by atoms with Crippen molar-refractivity contribution >= 4 is 16.0 Å². The van der Waals surface area contributed by atoms with E-state index in [4.69, 9.17) is 5.11 Å². The number of hydrogen-bond acceptors (Lipinski definition) is 3. The van der Waals surface area contributed by atoms with Crippen LogP contribution in [0.4, 0.5) is 13.2 Å². The van der Waals surface area contributed by atoms with Crippen LogP contribution in [0.25, 0.3) is 0 Å². The summed E-state index contributed by atoms with van der Waals surface area (Å²) in [6, 6.07) is -0.703. The number of alkyl halides is 3. The molecular formula is C7H10F3NO4S. The highest BCUT2D eigenvalue weighted by molar-refractivity contribution is 7.90. The fourth-order valence-electron chi connectivity index (χ4n) is 1.20. The van der Waals surface area contributed by atoms with Crippen LogP contribution in [-0.2, 0) is 14.8 Å². The van der Waals surface area contributed by atoms with Crippen molar-refractivity contribution in [1.29, 1.82) is 0 Å². The van der Waals surface area contributed by atoms with Crippen LogP contribution in [-0.4, -0.2) is 41.9 Å². The molecule has 9 heteroatoms. The van der Waals surface area contributed by atoms with Crippen molar-refractivity contribution in [3.63, 3.8) is 0 Å². The van der Waals surface area contributed by atoms with E-state index in [0.717, 1.165) is 0 Å². The van der Waals surface area contributed by atoms with Crippen molar-refractivity contribution in [3.05, 3.63) is 0 Å². The van der Waals surface area contributed by atoms with Gasteiger partial charge in [0, 0.05) is 12.6 Å². The Bertz CT molecular complexity index is 374. The van der Waals surface area contributed by atoms with E-state index < -0.39 is 40.5 Å². The fourth-order valence-corrected chi connectivity index (χ4v) is 2.40. The van der Waals surface area contributed by atoms with Gasteiger partial charge in [0.05, 0.1) is 6.42 Å². The van der Waals surface area contributed by atoms with E-state index >= 15 is 0 Å².